The van der Waals surface area contributed by atoms with Gasteiger partial charge in [-0.05, 0) is 13.8 Å². The van der Waals surface area contributed by atoms with Gasteiger partial charge in [-0.2, -0.15) is 5.10 Å². The summed E-state index contributed by atoms with van der Waals surface area (Å²) in [5, 5.41) is 7.14. The van der Waals surface area contributed by atoms with E-state index in [1.807, 2.05) is 10.9 Å². The monoisotopic (exact) mass is 252 g/mol. The number of nitrogens with zero attached hydrogens (tertiary/aromatic N) is 3. The minimum absolute atomic E-state index is 0.0319. The standard InChI is InChI=1S/C12H20N4O2/c1-10(2)16-9-11(8-14-16)7-13-12(17)15-3-5-18-6-4-15/h8-10H,3-7H2,1-2H3,(H,13,17). The summed E-state index contributed by atoms with van der Waals surface area (Å²) >= 11 is 0. The van der Waals surface area contributed by atoms with E-state index >= 15 is 0 Å². The van der Waals surface area contributed by atoms with Crippen molar-refractivity contribution < 1.29 is 9.53 Å². The van der Waals surface area contributed by atoms with Crippen molar-refractivity contribution in [1.29, 1.82) is 0 Å². The van der Waals surface area contributed by atoms with Crippen LogP contribution in [0.2, 0.25) is 0 Å². The lowest BCUT2D eigenvalue weighted by Gasteiger charge is -2.26. The Labute approximate surface area is 107 Å². The van der Waals surface area contributed by atoms with Crippen LogP contribution in [0.4, 0.5) is 4.79 Å². The molecule has 100 valence electrons. The summed E-state index contributed by atoms with van der Waals surface area (Å²) in [6.45, 7) is 7.24. The number of hydrogen-bond acceptors (Lipinski definition) is 3. The number of rotatable bonds is 3. The molecule has 1 fully saturated rings. The number of morpholine rings is 1. The topological polar surface area (TPSA) is 59.4 Å². The molecule has 0 aromatic carbocycles. The highest BCUT2D eigenvalue weighted by Gasteiger charge is 2.16. The van der Waals surface area contributed by atoms with Gasteiger partial charge in [0.05, 0.1) is 19.4 Å². The second-order valence-electron chi connectivity index (χ2n) is 4.68. The van der Waals surface area contributed by atoms with Crippen molar-refractivity contribution in [2.24, 2.45) is 0 Å². The second-order valence-corrected chi connectivity index (χ2v) is 4.68. The van der Waals surface area contributed by atoms with Crippen molar-refractivity contribution >= 4 is 6.03 Å². The van der Waals surface area contributed by atoms with Gasteiger partial charge in [-0.15, -0.1) is 0 Å². The number of urea groups is 1. The van der Waals surface area contributed by atoms with E-state index in [0.717, 1.165) is 5.56 Å². The average molecular weight is 252 g/mol. The number of hydrogen-bond donors (Lipinski definition) is 1. The highest BCUT2D eigenvalue weighted by molar-refractivity contribution is 5.74. The lowest BCUT2D eigenvalue weighted by Crippen LogP contribution is -2.45. The smallest absolute Gasteiger partial charge is 0.317 e. The summed E-state index contributed by atoms with van der Waals surface area (Å²) in [4.78, 5) is 13.6. The number of carbonyl (C=O) groups is 1. The van der Waals surface area contributed by atoms with E-state index in [-0.39, 0.29) is 6.03 Å². The lowest BCUT2D eigenvalue weighted by atomic mass is 10.3. The predicted octanol–water partition coefficient (Wildman–Crippen LogP) is 1.01. The third-order valence-corrected chi connectivity index (χ3v) is 2.93. The van der Waals surface area contributed by atoms with Gasteiger partial charge < -0.3 is 15.0 Å². The van der Waals surface area contributed by atoms with Crippen LogP contribution in [0.1, 0.15) is 25.5 Å². The zero-order chi connectivity index (χ0) is 13.0. The first-order chi connectivity index (χ1) is 8.66. The van der Waals surface area contributed by atoms with Gasteiger partial charge in [0.1, 0.15) is 0 Å². The van der Waals surface area contributed by atoms with Crippen LogP contribution in [0.15, 0.2) is 12.4 Å². The summed E-state index contributed by atoms with van der Waals surface area (Å²) < 4.78 is 7.09. The van der Waals surface area contributed by atoms with Crippen LogP contribution in [0.25, 0.3) is 0 Å². The predicted molar refractivity (Wildman–Crippen MR) is 67.2 cm³/mol. The molecule has 2 amide bonds. The highest BCUT2D eigenvalue weighted by Crippen LogP contribution is 2.05. The van der Waals surface area contributed by atoms with Crippen LogP contribution in [0, 0.1) is 0 Å². The van der Waals surface area contributed by atoms with Crippen molar-refractivity contribution in [3.63, 3.8) is 0 Å². The summed E-state index contributed by atoms with van der Waals surface area (Å²) in [6, 6.07) is 0.310. The molecule has 6 heteroatoms. The maximum absolute atomic E-state index is 11.8. The first-order valence-electron chi connectivity index (χ1n) is 6.30. The van der Waals surface area contributed by atoms with Gasteiger partial charge in [-0.3, -0.25) is 4.68 Å². The van der Waals surface area contributed by atoms with Crippen molar-refractivity contribution in [1.82, 2.24) is 20.0 Å². The van der Waals surface area contributed by atoms with Crippen molar-refractivity contribution in [2.45, 2.75) is 26.4 Å². The van der Waals surface area contributed by atoms with Crippen molar-refractivity contribution in [2.75, 3.05) is 26.3 Å². The van der Waals surface area contributed by atoms with E-state index in [0.29, 0.717) is 38.9 Å². The quantitative estimate of drug-likeness (QED) is 0.873. The molecule has 2 heterocycles. The SMILES string of the molecule is CC(C)n1cc(CNC(=O)N2CCOCC2)cn1. The van der Waals surface area contributed by atoms with E-state index < -0.39 is 0 Å². The Hall–Kier alpha value is -1.56. The number of ether oxygens (including phenoxy) is 1. The molecule has 1 aromatic heterocycles. The van der Waals surface area contributed by atoms with Crippen LogP contribution in [0.3, 0.4) is 0 Å². The van der Waals surface area contributed by atoms with Crippen LogP contribution in [-0.4, -0.2) is 47.0 Å². The third-order valence-electron chi connectivity index (χ3n) is 2.93. The van der Waals surface area contributed by atoms with E-state index in [9.17, 15) is 4.79 Å². The minimum atomic E-state index is -0.0319. The number of aromatic nitrogens is 2. The molecule has 0 aliphatic carbocycles. The van der Waals surface area contributed by atoms with Gasteiger partial charge >= 0.3 is 6.03 Å². The summed E-state index contributed by atoms with van der Waals surface area (Å²) in [5.41, 5.74) is 1.02. The molecule has 0 unspecified atom stereocenters. The summed E-state index contributed by atoms with van der Waals surface area (Å²) in [6.07, 6.45) is 3.75. The van der Waals surface area contributed by atoms with Gasteiger partial charge in [-0.1, -0.05) is 0 Å². The number of nitrogens with one attached hydrogen (secondary N) is 1. The number of amides is 2. The molecule has 0 atom stereocenters. The molecular weight excluding hydrogens is 232 g/mol. The molecule has 6 nitrogen and oxygen atoms in total. The zero-order valence-electron chi connectivity index (χ0n) is 10.9. The van der Waals surface area contributed by atoms with Gasteiger partial charge in [-0.25, -0.2) is 4.79 Å². The molecular formula is C12H20N4O2. The fraction of sp³-hybridized carbons (Fsp3) is 0.667. The van der Waals surface area contributed by atoms with Crippen molar-refractivity contribution in [3.8, 4) is 0 Å². The van der Waals surface area contributed by atoms with E-state index in [1.165, 1.54) is 0 Å². The molecule has 18 heavy (non-hydrogen) atoms. The minimum Gasteiger partial charge on any atom is -0.378 e. The van der Waals surface area contributed by atoms with Crippen LogP contribution in [0.5, 0.6) is 0 Å². The molecule has 0 bridgehead atoms. The van der Waals surface area contributed by atoms with Gasteiger partial charge in [0.15, 0.2) is 0 Å². The first kappa shape index (κ1) is 12.9. The van der Waals surface area contributed by atoms with Crippen LogP contribution >= 0.6 is 0 Å². The molecule has 0 radical (unpaired) electrons. The van der Waals surface area contributed by atoms with Crippen molar-refractivity contribution in [3.05, 3.63) is 18.0 Å². The molecule has 0 saturated carbocycles. The lowest BCUT2D eigenvalue weighted by molar-refractivity contribution is 0.0531. The normalized spacial score (nSPS) is 16.1. The first-order valence-corrected chi connectivity index (χ1v) is 6.30. The Kier molecular flexibility index (Phi) is 4.19. The largest absolute Gasteiger partial charge is 0.378 e. The molecule has 1 N–H and O–H groups in total. The highest BCUT2D eigenvalue weighted by atomic mass is 16.5. The third kappa shape index (κ3) is 3.22. The van der Waals surface area contributed by atoms with Gasteiger partial charge in [0.2, 0.25) is 0 Å². The van der Waals surface area contributed by atoms with Gasteiger partial charge in [0, 0.05) is 37.4 Å². The molecule has 0 spiro atoms. The Morgan fingerprint density at radius 3 is 2.83 bits per heavy atom. The Morgan fingerprint density at radius 1 is 1.50 bits per heavy atom. The Bertz CT molecular complexity index is 397. The van der Waals surface area contributed by atoms with Gasteiger partial charge in [0.25, 0.3) is 0 Å². The van der Waals surface area contributed by atoms with E-state index in [1.54, 1.807) is 11.1 Å². The summed E-state index contributed by atoms with van der Waals surface area (Å²) in [5.74, 6) is 0. The fourth-order valence-corrected chi connectivity index (χ4v) is 1.81. The summed E-state index contributed by atoms with van der Waals surface area (Å²) in [7, 11) is 0. The second kappa shape index (κ2) is 5.86. The fourth-order valence-electron chi connectivity index (χ4n) is 1.81. The molecule has 1 saturated heterocycles. The Morgan fingerprint density at radius 2 is 2.22 bits per heavy atom. The molecule has 1 aromatic rings. The van der Waals surface area contributed by atoms with Crippen LogP contribution < -0.4 is 5.32 Å². The zero-order valence-corrected chi connectivity index (χ0v) is 10.9. The molecule has 1 aliphatic heterocycles. The van der Waals surface area contributed by atoms with Crippen LogP contribution in [-0.2, 0) is 11.3 Å². The maximum atomic E-state index is 11.8. The average Bonchev–Trinajstić information content (AvgIpc) is 2.86. The maximum Gasteiger partial charge on any atom is 0.317 e. The van der Waals surface area contributed by atoms with E-state index in [2.05, 4.69) is 24.3 Å². The Balaban J connectivity index is 1.81. The molecule has 2 rings (SSSR count). The molecule has 1 aliphatic rings. The van der Waals surface area contributed by atoms with E-state index in [4.69, 9.17) is 4.74 Å². The number of carbonyl (C=O) groups excluding carboxylic acids is 1.